The minimum absolute atomic E-state index is 0.204. The van der Waals surface area contributed by atoms with Gasteiger partial charge in [-0.1, -0.05) is 31.9 Å². The summed E-state index contributed by atoms with van der Waals surface area (Å²) in [7, 11) is 1.70. The topological polar surface area (TPSA) is 50.4 Å². The average Bonchev–Trinajstić information content (AvgIpc) is 3.12. The standard InChI is InChI=1S/C21H32N2O2/c1-16-6-7-17(14-18(16)25-3)21(8-4-5-9-21)19(24)23-15-20(2)10-12-22-13-11-20/h6-7,14,22H,4-5,8-13,15H2,1-3H3,(H,23,24). The molecule has 2 N–H and O–H groups in total. The lowest BCUT2D eigenvalue weighted by Crippen LogP contribution is -2.48. The maximum absolute atomic E-state index is 13.3. The summed E-state index contributed by atoms with van der Waals surface area (Å²) in [5, 5.41) is 6.73. The van der Waals surface area contributed by atoms with Crippen LogP contribution >= 0.6 is 0 Å². The minimum Gasteiger partial charge on any atom is -0.496 e. The highest BCUT2D eigenvalue weighted by atomic mass is 16.5. The molecular formula is C21H32N2O2. The van der Waals surface area contributed by atoms with Crippen LogP contribution < -0.4 is 15.4 Å². The Kier molecular flexibility index (Phi) is 5.38. The predicted molar refractivity (Wildman–Crippen MR) is 101 cm³/mol. The van der Waals surface area contributed by atoms with Crippen LogP contribution in [0.2, 0.25) is 0 Å². The molecule has 0 unspecified atom stereocenters. The molecule has 0 bridgehead atoms. The van der Waals surface area contributed by atoms with E-state index >= 15 is 0 Å². The molecule has 0 aromatic heterocycles. The van der Waals surface area contributed by atoms with Crippen LogP contribution in [0.3, 0.4) is 0 Å². The number of rotatable bonds is 5. The second-order valence-electron chi connectivity index (χ2n) is 8.22. The van der Waals surface area contributed by atoms with E-state index < -0.39 is 0 Å². The van der Waals surface area contributed by atoms with Crippen molar-refractivity contribution < 1.29 is 9.53 Å². The molecule has 0 spiro atoms. The lowest BCUT2D eigenvalue weighted by atomic mass is 9.76. The van der Waals surface area contributed by atoms with Gasteiger partial charge in [-0.25, -0.2) is 0 Å². The van der Waals surface area contributed by atoms with Crippen LogP contribution in [0.1, 0.15) is 56.6 Å². The van der Waals surface area contributed by atoms with Crippen molar-refractivity contribution in [2.45, 2.75) is 57.8 Å². The van der Waals surface area contributed by atoms with Crippen LogP contribution in [0.4, 0.5) is 0 Å². The van der Waals surface area contributed by atoms with Gasteiger partial charge in [0.25, 0.3) is 0 Å². The fraction of sp³-hybridized carbons (Fsp3) is 0.667. The molecule has 1 saturated heterocycles. The SMILES string of the molecule is COc1cc(C2(C(=O)NCC3(C)CCNCC3)CCCC2)ccc1C. The second-order valence-corrected chi connectivity index (χ2v) is 8.22. The Bertz CT molecular complexity index is 614. The van der Waals surface area contributed by atoms with Gasteiger partial charge in [0.15, 0.2) is 0 Å². The molecule has 0 atom stereocenters. The first-order valence-electron chi connectivity index (χ1n) is 9.63. The molecule has 1 saturated carbocycles. The Labute approximate surface area is 151 Å². The Balaban J connectivity index is 1.79. The molecule has 1 aliphatic heterocycles. The van der Waals surface area contributed by atoms with Crippen molar-refractivity contribution in [1.82, 2.24) is 10.6 Å². The van der Waals surface area contributed by atoms with E-state index in [1.54, 1.807) is 7.11 Å². The zero-order chi connectivity index (χ0) is 17.9. The van der Waals surface area contributed by atoms with Gasteiger partial charge in [-0.15, -0.1) is 0 Å². The normalized spacial score (nSPS) is 21.7. The molecule has 1 amide bonds. The number of benzene rings is 1. The van der Waals surface area contributed by atoms with E-state index in [1.807, 2.05) is 6.92 Å². The van der Waals surface area contributed by atoms with E-state index in [0.717, 1.165) is 75.0 Å². The van der Waals surface area contributed by atoms with Crippen molar-refractivity contribution in [2.24, 2.45) is 5.41 Å². The molecule has 4 heteroatoms. The van der Waals surface area contributed by atoms with Gasteiger partial charge >= 0.3 is 0 Å². The van der Waals surface area contributed by atoms with Gasteiger partial charge in [0, 0.05) is 6.54 Å². The third kappa shape index (κ3) is 3.69. The van der Waals surface area contributed by atoms with Crippen molar-refractivity contribution in [1.29, 1.82) is 0 Å². The first-order valence-corrected chi connectivity index (χ1v) is 9.63. The Morgan fingerprint density at radius 3 is 2.52 bits per heavy atom. The highest BCUT2D eigenvalue weighted by Gasteiger charge is 2.43. The van der Waals surface area contributed by atoms with Crippen LogP contribution in [0.5, 0.6) is 5.75 Å². The number of aryl methyl sites for hydroxylation is 1. The van der Waals surface area contributed by atoms with E-state index in [0.29, 0.717) is 0 Å². The van der Waals surface area contributed by atoms with Crippen LogP contribution in [-0.4, -0.2) is 32.7 Å². The highest BCUT2D eigenvalue weighted by Crippen LogP contribution is 2.43. The molecule has 1 heterocycles. The monoisotopic (exact) mass is 344 g/mol. The molecule has 1 aromatic rings. The number of amides is 1. The first kappa shape index (κ1) is 18.2. The van der Waals surface area contributed by atoms with Crippen molar-refractivity contribution in [2.75, 3.05) is 26.7 Å². The molecule has 25 heavy (non-hydrogen) atoms. The van der Waals surface area contributed by atoms with Gasteiger partial charge in [0.1, 0.15) is 5.75 Å². The maximum Gasteiger partial charge on any atom is 0.230 e. The van der Waals surface area contributed by atoms with E-state index in [1.165, 1.54) is 0 Å². The van der Waals surface area contributed by atoms with Gasteiger partial charge in [-0.3, -0.25) is 4.79 Å². The molecule has 2 aliphatic rings. The number of methoxy groups -OCH3 is 1. The van der Waals surface area contributed by atoms with E-state index in [-0.39, 0.29) is 16.7 Å². The van der Waals surface area contributed by atoms with E-state index in [2.05, 4.69) is 35.8 Å². The van der Waals surface area contributed by atoms with Gasteiger partial charge in [-0.2, -0.15) is 0 Å². The minimum atomic E-state index is -0.385. The summed E-state index contributed by atoms with van der Waals surface area (Å²) in [5.74, 6) is 1.08. The maximum atomic E-state index is 13.3. The Hall–Kier alpha value is -1.55. The zero-order valence-corrected chi connectivity index (χ0v) is 15.9. The molecule has 2 fully saturated rings. The number of carbonyl (C=O) groups is 1. The number of hydrogen-bond acceptors (Lipinski definition) is 3. The van der Waals surface area contributed by atoms with Crippen LogP contribution in [-0.2, 0) is 10.2 Å². The number of ether oxygens (including phenoxy) is 1. The number of carbonyl (C=O) groups excluding carboxylic acids is 1. The summed E-state index contributed by atoms with van der Waals surface area (Å²) in [4.78, 5) is 13.3. The summed E-state index contributed by atoms with van der Waals surface area (Å²) >= 11 is 0. The Morgan fingerprint density at radius 2 is 1.88 bits per heavy atom. The van der Waals surface area contributed by atoms with E-state index in [9.17, 15) is 4.79 Å². The predicted octanol–water partition coefficient (Wildman–Crippen LogP) is 3.32. The summed E-state index contributed by atoms with van der Waals surface area (Å²) in [6, 6.07) is 6.27. The molecule has 0 radical (unpaired) electrons. The van der Waals surface area contributed by atoms with Crippen LogP contribution in [0.25, 0.3) is 0 Å². The number of piperidine rings is 1. The second kappa shape index (κ2) is 7.36. The van der Waals surface area contributed by atoms with Crippen LogP contribution in [0, 0.1) is 12.3 Å². The molecule has 1 aromatic carbocycles. The summed E-state index contributed by atoms with van der Waals surface area (Å²) < 4.78 is 5.50. The summed E-state index contributed by atoms with van der Waals surface area (Å²) in [6.07, 6.45) is 6.35. The van der Waals surface area contributed by atoms with Crippen molar-refractivity contribution >= 4 is 5.91 Å². The lowest BCUT2D eigenvalue weighted by Gasteiger charge is -2.36. The third-order valence-corrected chi connectivity index (χ3v) is 6.34. The van der Waals surface area contributed by atoms with E-state index in [4.69, 9.17) is 4.74 Å². The lowest BCUT2D eigenvalue weighted by molar-refractivity contribution is -0.127. The Morgan fingerprint density at radius 1 is 1.20 bits per heavy atom. The average molecular weight is 344 g/mol. The molecule has 1 aliphatic carbocycles. The van der Waals surface area contributed by atoms with Gasteiger partial charge in [0.05, 0.1) is 12.5 Å². The quantitative estimate of drug-likeness (QED) is 0.861. The molecule has 3 rings (SSSR count). The van der Waals surface area contributed by atoms with Crippen LogP contribution in [0.15, 0.2) is 18.2 Å². The molecule has 138 valence electrons. The number of hydrogen-bond donors (Lipinski definition) is 2. The fourth-order valence-corrected chi connectivity index (χ4v) is 4.41. The van der Waals surface area contributed by atoms with Gasteiger partial charge in [-0.05, 0) is 68.3 Å². The van der Waals surface area contributed by atoms with Crippen molar-refractivity contribution in [3.8, 4) is 5.75 Å². The first-order chi connectivity index (χ1) is 12.0. The molecule has 4 nitrogen and oxygen atoms in total. The van der Waals surface area contributed by atoms with Crippen molar-refractivity contribution in [3.63, 3.8) is 0 Å². The summed E-state index contributed by atoms with van der Waals surface area (Å²) in [5.41, 5.74) is 2.05. The highest BCUT2D eigenvalue weighted by molar-refractivity contribution is 5.88. The number of nitrogens with one attached hydrogen (secondary N) is 2. The zero-order valence-electron chi connectivity index (χ0n) is 15.9. The smallest absolute Gasteiger partial charge is 0.230 e. The fourth-order valence-electron chi connectivity index (χ4n) is 4.41. The largest absolute Gasteiger partial charge is 0.496 e. The molecular weight excluding hydrogens is 312 g/mol. The van der Waals surface area contributed by atoms with Gasteiger partial charge < -0.3 is 15.4 Å². The summed E-state index contributed by atoms with van der Waals surface area (Å²) in [6.45, 7) is 7.21. The van der Waals surface area contributed by atoms with Gasteiger partial charge in [0.2, 0.25) is 5.91 Å². The third-order valence-electron chi connectivity index (χ3n) is 6.34. The van der Waals surface area contributed by atoms with Crippen molar-refractivity contribution in [3.05, 3.63) is 29.3 Å².